The average Bonchev–Trinajstić information content (AvgIpc) is 3.04. The van der Waals surface area contributed by atoms with E-state index in [0.29, 0.717) is 5.69 Å². The van der Waals surface area contributed by atoms with Crippen LogP contribution in [0.4, 0.5) is 5.69 Å². The zero-order valence-electron chi connectivity index (χ0n) is 12.3. The molecular weight excluding hydrogens is 304 g/mol. The number of hydrogen-bond donors (Lipinski definition) is 1. The molecule has 0 spiro atoms. The molecule has 0 unspecified atom stereocenters. The Balaban J connectivity index is 2.00. The van der Waals surface area contributed by atoms with E-state index < -0.39 is 16.8 Å². The second kappa shape index (κ2) is 7.16. The first-order valence-electron chi connectivity index (χ1n) is 6.67. The molecule has 0 saturated carbocycles. The van der Waals surface area contributed by atoms with Crippen LogP contribution < -0.4 is 5.32 Å². The fourth-order valence-corrected chi connectivity index (χ4v) is 1.79. The number of ether oxygens (including phenoxy) is 1. The van der Waals surface area contributed by atoms with E-state index in [4.69, 9.17) is 0 Å². The maximum atomic E-state index is 11.9. The van der Waals surface area contributed by atoms with Crippen molar-refractivity contribution >= 4 is 17.6 Å². The van der Waals surface area contributed by atoms with E-state index in [9.17, 15) is 19.7 Å². The topological polar surface area (TPSA) is 116 Å². The SMILES string of the molecule is COC(=O)CCNC(=O)c1ccn(-c2ccc([N+](=O)[O-])cc2)n1. The number of carbonyl (C=O) groups excluding carboxylic acids is 2. The van der Waals surface area contributed by atoms with Gasteiger partial charge in [-0.25, -0.2) is 4.68 Å². The second-order valence-electron chi connectivity index (χ2n) is 4.50. The van der Waals surface area contributed by atoms with Crippen molar-refractivity contribution < 1.29 is 19.2 Å². The van der Waals surface area contributed by atoms with E-state index in [2.05, 4.69) is 15.2 Å². The van der Waals surface area contributed by atoms with E-state index in [1.54, 1.807) is 6.20 Å². The zero-order chi connectivity index (χ0) is 16.8. The predicted octanol–water partition coefficient (Wildman–Crippen LogP) is 1.07. The van der Waals surface area contributed by atoms with Crippen LogP contribution in [0.3, 0.4) is 0 Å². The minimum Gasteiger partial charge on any atom is -0.469 e. The molecule has 0 fully saturated rings. The smallest absolute Gasteiger partial charge is 0.307 e. The van der Waals surface area contributed by atoms with Gasteiger partial charge >= 0.3 is 5.97 Å². The number of aromatic nitrogens is 2. The molecule has 0 bridgehead atoms. The van der Waals surface area contributed by atoms with Crippen LogP contribution in [0.2, 0.25) is 0 Å². The van der Waals surface area contributed by atoms with Crippen molar-refractivity contribution in [3.63, 3.8) is 0 Å². The quantitative estimate of drug-likeness (QED) is 0.484. The van der Waals surface area contributed by atoms with E-state index in [1.807, 2.05) is 0 Å². The van der Waals surface area contributed by atoms with Crippen LogP contribution in [0.15, 0.2) is 36.5 Å². The Bertz CT molecular complexity index is 723. The molecule has 1 aromatic carbocycles. The lowest BCUT2D eigenvalue weighted by Crippen LogP contribution is -2.26. The molecule has 9 nitrogen and oxygen atoms in total. The summed E-state index contributed by atoms with van der Waals surface area (Å²) in [6.07, 6.45) is 1.64. The Morgan fingerprint density at radius 1 is 1.30 bits per heavy atom. The lowest BCUT2D eigenvalue weighted by atomic mass is 10.3. The first kappa shape index (κ1) is 16.1. The second-order valence-corrected chi connectivity index (χ2v) is 4.50. The van der Waals surface area contributed by atoms with Crippen LogP contribution in [0.25, 0.3) is 5.69 Å². The molecule has 9 heteroatoms. The minimum absolute atomic E-state index is 0.0262. The molecule has 0 aliphatic rings. The Hall–Kier alpha value is -3.23. The number of hydrogen-bond acceptors (Lipinski definition) is 6. The average molecular weight is 318 g/mol. The number of carbonyl (C=O) groups is 2. The van der Waals surface area contributed by atoms with Gasteiger partial charge in [-0.3, -0.25) is 19.7 Å². The Kier molecular flexibility index (Phi) is 5.03. The summed E-state index contributed by atoms with van der Waals surface area (Å²) in [6, 6.07) is 7.28. The van der Waals surface area contributed by atoms with E-state index in [0.717, 1.165) is 0 Å². The molecule has 0 radical (unpaired) electrons. The van der Waals surface area contributed by atoms with Crippen molar-refractivity contribution in [3.05, 3.63) is 52.3 Å². The number of rotatable bonds is 6. The predicted molar refractivity (Wildman–Crippen MR) is 79.2 cm³/mol. The van der Waals surface area contributed by atoms with Crippen LogP contribution in [-0.4, -0.2) is 40.2 Å². The van der Waals surface area contributed by atoms with Crippen molar-refractivity contribution in [3.8, 4) is 5.69 Å². The van der Waals surface area contributed by atoms with Gasteiger partial charge in [0.1, 0.15) is 0 Å². The summed E-state index contributed by atoms with van der Waals surface area (Å²) < 4.78 is 5.90. The van der Waals surface area contributed by atoms with Crippen molar-refractivity contribution in [2.75, 3.05) is 13.7 Å². The molecule has 0 aliphatic carbocycles. The van der Waals surface area contributed by atoms with E-state index in [-0.39, 0.29) is 24.3 Å². The lowest BCUT2D eigenvalue weighted by Gasteiger charge is -2.02. The molecule has 2 rings (SSSR count). The van der Waals surface area contributed by atoms with E-state index >= 15 is 0 Å². The highest BCUT2D eigenvalue weighted by Gasteiger charge is 2.11. The Labute approximate surface area is 131 Å². The molecule has 1 aromatic heterocycles. The van der Waals surface area contributed by atoms with Gasteiger partial charge in [0.15, 0.2) is 5.69 Å². The number of esters is 1. The van der Waals surface area contributed by atoms with Crippen molar-refractivity contribution in [2.24, 2.45) is 0 Å². The molecule has 1 heterocycles. The van der Waals surface area contributed by atoms with Crippen LogP contribution in [0.5, 0.6) is 0 Å². The van der Waals surface area contributed by atoms with Crippen LogP contribution in [0, 0.1) is 10.1 Å². The fourth-order valence-electron chi connectivity index (χ4n) is 1.79. The lowest BCUT2D eigenvalue weighted by molar-refractivity contribution is -0.384. The summed E-state index contributed by atoms with van der Waals surface area (Å²) >= 11 is 0. The van der Waals surface area contributed by atoms with E-state index in [1.165, 1.54) is 42.1 Å². The summed E-state index contributed by atoms with van der Waals surface area (Å²) in [5.41, 5.74) is 0.735. The van der Waals surface area contributed by atoms with Crippen LogP contribution in [0.1, 0.15) is 16.9 Å². The number of nitrogens with zero attached hydrogens (tertiary/aromatic N) is 3. The molecule has 0 atom stereocenters. The number of nitro groups is 1. The number of amides is 1. The summed E-state index contributed by atoms with van der Waals surface area (Å²) in [7, 11) is 1.27. The highest BCUT2D eigenvalue weighted by molar-refractivity contribution is 5.92. The summed E-state index contributed by atoms with van der Waals surface area (Å²) in [6.45, 7) is 0.149. The third kappa shape index (κ3) is 4.13. The molecule has 23 heavy (non-hydrogen) atoms. The first-order chi connectivity index (χ1) is 11.0. The highest BCUT2D eigenvalue weighted by Crippen LogP contribution is 2.14. The number of nitrogens with one attached hydrogen (secondary N) is 1. The van der Waals surface area contributed by atoms with Gasteiger partial charge in [0.2, 0.25) is 0 Å². The maximum absolute atomic E-state index is 11.9. The third-order valence-electron chi connectivity index (χ3n) is 2.99. The zero-order valence-corrected chi connectivity index (χ0v) is 12.3. The summed E-state index contributed by atoms with van der Waals surface area (Å²) in [5, 5.41) is 17.2. The third-order valence-corrected chi connectivity index (χ3v) is 2.99. The Morgan fingerprint density at radius 2 is 2.00 bits per heavy atom. The van der Waals surface area contributed by atoms with Gasteiger partial charge in [-0.05, 0) is 18.2 Å². The normalized spacial score (nSPS) is 10.1. The molecule has 0 aliphatic heterocycles. The molecule has 120 valence electrons. The van der Waals surface area contributed by atoms with Gasteiger partial charge in [-0.2, -0.15) is 5.10 Å². The molecule has 2 aromatic rings. The number of benzene rings is 1. The molecular formula is C14H14N4O5. The standard InChI is InChI=1S/C14H14N4O5/c1-23-13(19)6-8-15-14(20)12-7-9-17(16-12)10-2-4-11(5-3-10)18(21)22/h2-5,7,9H,6,8H2,1H3,(H,15,20). The number of nitro benzene ring substituents is 1. The van der Waals surface area contributed by atoms with Gasteiger partial charge < -0.3 is 10.1 Å². The van der Waals surface area contributed by atoms with Crippen LogP contribution >= 0.6 is 0 Å². The molecule has 1 amide bonds. The fraction of sp³-hybridized carbons (Fsp3) is 0.214. The van der Waals surface area contributed by atoms with Gasteiger partial charge in [0.25, 0.3) is 11.6 Å². The van der Waals surface area contributed by atoms with Gasteiger partial charge in [0.05, 0.1) is 24.1 Å². The largest absolute Gasteiger partial charge is 0.469 e. The maximum Gasteiger partial charge on any atom is 0.307 e. The molecule has 1 N–H and O–H groups in total. The number of non-ortho nitro benzene ring substituents is 1. The van der Waals surface area contributed by atoms with Gasteiger partial charge in [0, 0.05) is 24.9 Å². The van der Waals surface area contributed by atoms with Crippen LogP contribution in [-0.2, 0) is 9.53 Å². The summed E-state index contributed by atoms with van der Waals surface area (Å²) in [5.74, 6) is -0.837. The minimum atomic E-state index is -0.493. The summed E-state index contributed by atoms with van der Waals surface area (Å²) in [4.78, 5) is 32.9. The van der Waals surface area contributed by atoms with Gasteiger partial charge in [-0.15, -0.1) is 0 Å². The monoisotopic (exact) mass is 318 g/mol. The molecule has 0 saturated heterocycles. The Morgan fingerprint density at radius 3 is 2.61 bits per heavy atom. The highest BCUT2D eigenvalue weighted by atomic mass is 16.6. The van der Waals surface area contributed by atoms with Crippen molar-refractivity contribution in [1.29, 1.82) is 0 Å². The number of methoxy groups -OCH3 is 1. The first-order valence-corrected chi connectivity index (χ1v) is 6.67. The van der Waals surface area contributed by atoms with Crippen molar-refractivity contribution in [2.45, 2.75) is 6.42 Å². The van der Waals surface area contributed by atoms with Crippen molar-refractivity contribution in [1.82, 2.24) is 15.1 Å². The van der Waals surface area contributed by atoms with Gasteiger partial charge in [-0.1, -0.05) is 0 Å².